The molecule has 0 saturated carbocycles. The van der Waals surface area contributed by atoms with Crippen molar-refractivity contribution < 1.29 is 47.5 Å². The van der Waals surface area contributed by atoms with E-state index in [2.05, 4.69) is 0 Å². The van der Waals surface area contributed by atoms with Crippen LogP contribution in [0.1, 0.15) is 34.3 Å². The lowest BCUT2D eigenvalue weighted by Crippen LogP contribution is -2.36. The summed E-state index contributed by atoms with van der Waals surface area (Å²) in [6.07, 6.45) is 2.24. The Morgan fingerprint density at radius 3 is 2.24 bits per heavy atom. The van der Waals surface area contributed by atoms with Crippen LogP contribution in [0.3, 0.4) is 0 Å². The first kappa shape index (κ1) is 27.3. The predicted octanol–water partition coefficient (Wildman–Crippen LogP) is 4.68. The van der Waals surface area contributed by atoms with Crippen LogP contribution in [0.15, 0.2) is 54.6 Å². The van der Waals surface area contributed by atoms with Crippen LogP contribution >= 0.6 is 0 Å². The highest BCUT2D eigenvalue weighted by molar-refractivity contribution is 5.87. The molecule has 3 aliphatic rings. The van der Waals surface area contributed by atoms with Gasteiger partial charge in [-0.05, 0) is 59.2 Å². The summed E-state index contributed by atoms with van der Waals surface area (Å²) in [4.78, 5) is 26.5. The smallest absolute Gasteiger partial charge is 0.331 e. The Kier molecular flexibility index (Phi) is 7.28. The second kappa shape index (κ2) is 11.2. The molecule has 0 bridgehead atoms. The van der Waals surface area contributed by atoms with E-state index >= 15 is 0 Å². The second-order valence-electron chi connectivity index (χ2n) is 10.1. The number of hydrogen-bond donors (Lipinski definition) is 0. The fraction of sp³-hybridized carbons (Fsp3) is 0.312. The normalized spacial score (nSPS) is 21.8. The third-order valence-electron chi connectivity index (χ3n) is 7.91. The number of ether oxygens (including phenoxy) is 8. The molecular weight excluding hydrogens is 544 g/mol. The Hall–Kier alpha value is -4.86. The van der Waals surface area contributed by atoms with E-state index in [0.29, 0.717) is 40.1 Å². The summed E-state index contributed by atoms with van der Waals surface area (Å²) < 4.78 is 45.1. The van der Waals surface area contributed by atoms with Crippen molar-refractivity contribution in [1.82, 2.24) is 0 Å². The summed E-state index contributed by atoms with van der Waals surface area (Å²) in [6.45, 7) is 0.158. The van der Waals surface area contributed by atoms with E-state index in [0.717, 1.165) is 16.7 Å². The molecule has 3 aromatic carbocycles. The van der Waals surface area contributed by atoms with E-state index in [9.17, 15) is 9.59 Å². The number of fused-ring (bicyclic) bond motifs is 3. The number of carbonyl (C=O) groups is 2. The van der Waals surface area contributed by atoms with Gasteiger partial charge >= 0.3 is 11.9 Å². The van der Waals surface area contributed by atoms with Crippen LogP contribution in [-0.4, -0.2) is 53.8 Å². The van der Waals surface area contributed by atoms with Crippen molar-refractivity contribution in [2.75, 3.05) is 41.8 Å². The fourth-order valence-electron chi connectivity index (χ4n) is 6.02. The molecule has 2 heterocycles. The number of carbonyl (C=O) groups excluding carboxylic acids is 2. The van der Waals surface area contributed by atoms with Crippen molar-refractivity contribution in [3.8, 4) is 34.5 Å². The maximum Gasteiger partial charge on any atom is 0.331 e. The van der Waals surface area contributed by atoms with Gasteiger partial charge in [0.25, 0.3) is 0 Å². The minimum atomic E-state index is -0.772. The molecule has 3 aromatic rings. The molecule has 10 heteroatoms. The standard InChI is InChI=1S/C32H30O10/c1-35-19-7-5-6-17(10-19)8-9-27(33)42-30-21-14-24-23(40-16-41-24)13-20(21)28(29-22(30)15-39-32(29)34)18-11-25(36-2)31(38-4)26(12-18)37-3/h5-14,22,28-30H,15-16H2,1-4H3/b9-8+/t22-,28+,29-,30-/m0/s1. The van der Waals surface area contributed by atoms with Gasteiger partial charge in [0.1, 0.15) is 11.9 Å². The number of rotatable bonds is 8. The molecule has 0 spiro atoms. The quantitative estimate of drug-likeness (QED) is 0.278. The molecule has 1 aliphatic carbocycles. The molecule has 0 radical (unpaired) electrons. The molecular formula is C32H30O10. The minimum absolute atomic E-state index is 0.0652. The molecule has 218 valence electrons. The molecule has 2 aliphatic heterocycles. The van der Waals surface area contributed by atoms with Crippen molar-refractivity contribution >= 4 is 18.0 Å². The lowest BCUT2D eigenvalue weighted by molar-refractivity contribution is -0.148. The SMILES string of the molecule is COc1cccc(/C=C/C(=O)O[C@H]2c3cc4c(cc3[C@@H](c3cc(OC)c(OC)c(OC)c3)[C@H]3C(=O)OC[C@@H]32)OCO4)c1. The monoisotopic (exact) mass is 574 g/mol. The van der Waals surface area contributed by atoms with Gasteiger partial charge in [-0.1, -0.05) is 12.1 Å². The average molecular weight is 575 g/mol. The first-order valence-electron chi connectivity index (χ1n) is 13.4. The van der Waals surface area contributed by atoms with Gasteiger partial charge < -0.3 is 37.9 Å². The highest BCUT2D eigenvalue weighted by atomic mass is 16.7. The van der Waals surface area contributed by atoms with Crippen LogP contribution in [0, 0.1) is 11.8 Å². The van der Waals surface area contributed by atoms with E-state index in [1.54, 1.807) is 13.2 Å². The molecule has 42 heavy (non-hydrogen) atoms. The van der Waals surface area contributed by atoms with Crippen LogP contribution in [0.25, 0.3) is 6.08 Å². The Morgan fingerprint density at radius 1 is 0.857 bits per heavy atom. The summed E-state index contributed by atoms with van der Waals surface area (Å²) in [5.74, 6) is 0.561. The number of esters is 2. The topological polar surface area (TPSA) is 108 Å². The average Bonchev–Trinajstić information content (AvgIpc) is 3.64. The summed E-state index contributed by atoms with van der Waals surface area (Å²) in [5.41, 5.74) is 2.99. The Morgan fingerprint density at radius 2 is 1.57 bits per heavy atom. The second-order valence-corrected chi connectivity index (χ2v) is 10.1. The Labute approximate surface area is 242 Å². The zero-order valence-corrected chi connectivity index (χ0v) is 23.6. The van der Waals surface area contributed by atoms with Crippen LogP contribution in [0.5, 0.6) is 34.5 Å². The molecule has 0 unspecified atom stereocenters. The molecule has 4 atom stereocenters. The molecule has 6 rings (SSSR count). The van der Waals surface area contributed by atoms with Crippen molar-refractivity contribution in [1.29, 1.82) is 0 Å². The van der Waals surface area contributed by atoms with Gasteiger partial charge in [-0.15, -0.1) is 0 Å². The van der Waals surface area contributed by atoms with Gasteiger partial charge in [-0.3, -0.25) is 4.79 Å². The number of hydrogen-bond acceptors (Lipinski definition) is 10. The zero-order chi connectivity index (χ0) is 29.4. The summed E-state index contributed by atoms with van der Waals surface area (Å²) >= 11 is 0. The first-order chi connectivity index (χ1) is 20.4. The molecule has 1 fully saturated rings. The fourth-order valence-corrected chi connectivity index (χ4v) is 6.02. The summed E-state index contributed by atoms with van der Waals surface area (Å²) in [6, 6.07) is 14.6. The summed E-state index contributed by atoms with van der Waals surface area (Å²) in [5, 5.41) is 0. The number of benzene rings is 3. The maximum absolute atomic E-state index is 13.3. The van der Waals surface area contributed by atoms with Crippen molar-refractivity contribution in [3.05, 3.63) is 76.9 Å². The minimum Gasteiger partial charge on any atom is -0.497 e. The van der Waals surface area contributed by atoms with Gasteiger partial charge in [0.2, 0.25) is 12.5 Å². The molecule has 0 amide bonds. The van der Waals surface area contributed by atoms with E-state index < -0.39 is 29.8 Å². The van der Waals surface area contributed by atoms with Crippen LogP contribution in [0.4, 0.5) is 0 Å². The van der Waals surface area contributed by atoms with Gasteiger partial charge in [-0.2, -0.15) is 0 Å². The van der Waals surface area contributed by atoms with Gasteiger partial charge in [-0.25, -0.2) is 4.79 Å². The lowest BCUT2D eigenvalue weighted by Gasteiger charge is -2.38. The zero-order valence-electron chi connectivity index (χ0n) is 23.6. The Bertz CT molecular complexity index is 1540. The third-order valence-corrected chi connectivity index (χ3v) is 7.91. The lowest BCUT2D eigenvalue weighted by atomic mass is 9.66. The third kappa shape index (κ3) is 4.72. The van der Waals surface area contributed by atoms with Crippen molar-refractivity contribution in [3.63, 3.8) is 0 Å². The number of methoxy groups -OCH3 is 4. The van der Waals surface area contributed by atoms with Gasteiger partial charge in [0.05, 0.1) is 41.0 Å². The highest BCUT2D eigenvalue weighted by Gasteiger charge is 2.54. The van der Waals surface area contributed by atoms with Crippen LogP contribution in [-0.2, 0) is 19.1 Å². The first-order valence-corrected chi connectivity index (χ1v) is 13.4. The van der Waals surface area contributed by atoms with E-state index in [1.165, 1.54) is 27.4 Å². The predicted molar refractivity (Wildman–Crippen MR) is 149 cm³/mol. The Balaban J connectivity index is 1.43. The molecule has 1 saturated heterocycles. The van der Waals surface area contributed by atoms with E-state index in [-0.39, 0.29) is 19.4 Å². The van der Waals surface area contributed by atoms with Crippen LogP contribution in [0.2, 0.25) is 0 Å². The van der Waals surface area contributed by atoms with Crippen LogP contribution < -0.4 is 28.4 Å². The molecule has 0 N–H and O–H groups in total. The number of cyclic esters (lactones) is 1. The summed E-state index contributed by atoms with van der Waals surface area (Å²) in [7, 11) is 6.18. The highest BCUT2D eigenvalue weighted by Crippen LogP contribution is 2.56. The van der Waals surface area contributed by atoms with Gasteiger partial charge in [0.15, 0.2) is 23.0 Å². The van der Waals surface area contributed by atoms with E-state index in [4.69, 9.17) is 37.9 Å². The van der Waals surface area contributed by atoms with Crippen molar-refractivity contribution in [2.45, 2.75) is 12.0 Å². The molecule has 10 nitrogen and oxygen atoms in total. The maximum atomic E-state index is 13.3. The molecule has 0 aromatic heterocycles. The van der Waals surface area contributed by atoms with Gasteiger partial charge in [0, 0.05) is 23.5 Å². The van der Waals surface area contributed by atoms with Crippen molar-refractivity contribution in [2.24, 2.45) is 11.8 Å². The largest absolute Gasteiger partial charge is 0.497 e. The van der Waals surface area contributed by atoms with E-state index in [1.807, 2.05) is 48.5 Å².